The molecule has 0 fully saturated rings. The Kier molecular flexibility index (Phi) is 3.98. The summed E-state index contributed by atoms with van der Waals surface area (Å²) < 4.78 is 5.74. The number of carbonyl (C=O) groups excluding carboxylic acids is 1. The second-order valence-corrected chi connectivity index (χ2v) is 5.40. The van der Waals surface area contributed by atoms with Crippen molar-refractivity contribution in [3.05, 3.63) is 59.7 Å². The Labute approximate surface area is 129 Å². The molecule has 0 aliphatic carbocycles. The van der Waals surface area contributed by atoms with E-state index in [4.69, 9.17) is 9.94 Å². The van der Waals surface area contributed by atoms with Gasteiger partial charge in [-0.3, -0.25) is 10.0 Å². The number of hydrogen-bond donors (Lipinski definition) is 2. The molecule has 1 heterocycles. The third-order valence-corrected chi connectivity index (χ3v) is 3.84. The Morgan fingerprint density at radius 3 is 2.82 bits per heavy atom. The van der Waals surface area contributed by atoms with Crippen molar-refractivity contribution in [2.75, 3.05) is 11.5 Å². The summed E-state index contributed by atoms with van der Waals surface area (Å²) in [6.45, 7) is 3.43. The average molecular weight is 298 g/mol. The van der Waals surface area contributed by atoms with Gasteiger partial charge in [0, 0.05) is 12.1 Å². The largest absolute Gasteiger partial charge is 0.489 e. The fourth-order valence-corrected chi connectivity index (χ4v) is 2.63. The molecule has 1 unspecified atom stereocenters. The van der Waals surface area contributed by atoms with E-state index in [1.807, 2.05) is 18.2 Å². The summed E-state index contributed by atoms with van der Waals surface area (Å²) in [6.07, 6.45) is 0. The SMILES string of the molecule is CC1COc2ccc(C(=O)NO)cc2N1Cc1ccccc1. The molecule has 114 valence electrons. The maximum Gasteiger partial charge on any atom is 0.274 e. The highest BCUT2D eigenvalue weighted by Crippen LogP contribution is 2.35. The number of rotatable bonds is 3. The van der Waals surface area contributed by atoms with Crippen molar-refractivity contribution >= 4 is 11.6 Å². The molecule has 1 amide bonds. The van der Waals surface area contributed by atoms with Gasteiger partial charge in [-0.15, -0.1) is 0 Å². The molecule has 0 radical (unpaired) electrons. The van der Waals surface area contributed by atoms with E-state index in [2.05, 4.69) is 24.0 Å². The molecule has 0 bridgehead atoms. The molecule has 5 heteroatoms. The number of ether oxygens (including phenoxy) is 1. The first-order valence-electron chi connectivity index (χ1n) is 7.21. The third-order valence-electron chi connectivity index (χ3n) is 3.84. The first kappa shape index (κ1) is 14.4. The molecule has 1 aliphatic rings. The zero-order chi connectivity index (χ0) is 15.5. The number of hydroxylamine groups is 1. The van der Waals surface area contributed by atoms with Crippen LogP contribution in [0.5, 0.6) is 5.75 Å². The van der Waals surface area contributed by atoms with Gasteiger partial charge in [0.2, 0.25) is 0 Å². The van der Waals surface area contributed by atoms with Gasteiger partial charge in [-0.25, -0.2) is 5.48 Å². The van der Waals surface area contributed by atoms with Gasteiger partial charge in [0.1, 0.15) is 12.4 Å². The molecule has 5 nitrogen and oxygen atoms in total. The number of carbonyl (C=O) groups is 1. The minimum Gasteiger partial charge on any atom is -0.489 e. The molecule has 2 aromatic rings. The van der Waals surface area contributed by atoms with Crippen LogP contribution in [0.15, 0.2) is 48.5 Å². The molecule has 2 aromatic carbocycles. The highest BCUT2D eigenvalue weighted by molar-refractivity contribution is 5.95. The summed E-state index contributed by atoms with van der Waals surface area (Å²) in [5.41, 5.74) is 4.12. The van der Waals surface area contributed by atoms with Crippen molar-refractivity contribution in [2.45, 2.75) is 19.5 Å². The fraction of sp³-hybridized carbons (Fsp3) is 0.235. The number of amides is 1. The normalized spacial score (nSPS) is 16.6. The van der Waals surface area contributed by atoms with E-state index in [9.17, 15) is 4.79 Å². The lowest BCUT2D eigenvalue weighted by atomic mass is 10.1. The number of anilines is 1. The number of benzene rings is 2. The molecule has 2 N–H and O–H groups in total. The second kappa shape index (κ2) is 6.07. The molecule has 1 atom stereocenters. The standard InChI is InChI=1S/C17H18N2O3/c1-12-11-22-16-8-7-14(17(20)18-21)9-15(16)19(12)10-13-5-3-2-4-6-13/h2-9,12,21H,10-11H2,1H3,(H,18,20). The maximum absolute atomic E-state index is 11.6. The zero-order valence-corrected chi connectivity index (χ0v) is 12.3. The first-order chi connectivity index (χ1) is 10.7. The van der Waals surface area contributed by atoms with Crippen LogP contribution >= 0.6 is 0 Å². The first-order valence-corrected chi connectivity index (χ1v) is 7.21. The molecule has 0 aromatic heterocycles. The van der Waals surface area contributed by atoms with Gasteiger partial charge >= 0.3 is 0 Å². The summed E-state index contributed by atoms with van der Waals surface area (Å²) in [7, 11) is 0. The quantitative estimate of drug-likeness (QED) is 0.675. The van der Waals surface area contributed by atoms with E-state index in [0.29, 0.717) is 12.2 Å². The van der Waals surface area contributed by atoms with Gasteiger partial charge in [0.05, 0.1) is 11.7 Å². The molecule has 0 spiro atoms. The Bertz CT molecular complexity index is 673. The van der Waals surface area contributed by atoms with Crippen LogP contribution in [-0.2, 0) is 6.54 Å². The third kappa shape index (κ3) is 2.76. The number of nitrogens with one attached hydrogen (secondary N) is 1. The summed E-state index contributed by atoms with van der Waals surface area (Å²) in [5.74, 6) is 0.226. The average Bonchev–Trinajstić information content (AvgIpc) is 2.57. The van der Waals surface area contributed by atoms with Gasteiger partial charge in [-0.2, -0.15) is 0 Å². The smallest absolute Gasteiger partial charge is 0.274 e. The molecular formula is C17H18N2O3. The minimum atomic E-state index is -0.527. The van der Waals surface area contributed by atoms with Crippen molar-refractivity contribution in [3.8, 4) is 5.75 Å². The van der Waals surface area contributed by atoms with E-state index in [0.717, 1.165) is 18.0 Å². The van der Waals surface area contributed by atoms with Crippen LogP contribution in [0.1, 0.15) is 22.8 Å². The van der Waals surface area contributed by atoms with Gasteiger partial charge in [0.15, 0.2) is 0 Å². The van der Waals surface area contributed by atoms with Gasteiger partial charge < -0.3 is 9.64 Å². The van der Waals surface area contributed by atoms with E-state index in [1.54, 1.807) is 23.7 Å². The molecule has 22 heavy (non-hydrogen) atoms. The van der Waals surface area contributed by atoms with Crippen LogP contribution in [0.2, 0.25) is 0 Å². The Balaban J connectivity index is 1.96. The fourth-order valence-electron chi connectivity index (χ4n) is 2.63. The summed E-state index contributed by atoms with van der Waals surface area (Å²) in [5, 5.41) is 8.80. The molecule has 1 aliphatic heterocycles. The molecule has 0 saturated heterocycles. The van der Waals surface area contributed by atoms with Gasteiger partial charge in [-0.05, 0) is 30.7 Å². The van der Waals surface area contributed by atoms with Crippen molar-refractivity contribution in [3.63, 3.8) is 0 Å². The molecule has 3 rings (SSSR count). The van der Waals surface area contributed by atoms with E-state index >= 15 is 0 Å². The molecular weight excluding hydrogens is 280 g/mol. The van der Waals surface area contributed by atoms with Gasteiger partial charge in [0.25, 0.3) is 5.91 Å². The number of nitrogens with zero attached hydrogens (tertiary/aromatic N) is 1. The highest BCUT2D eigenvalue weighted by atomic mass is 16.5. The predicted octanol–water partition coefficient (Wildman–Crippen LogP) is 2.59. The van der Waals surface area contributed by atoms with Crippen LogP contribution in [0, 0.1) is 0 Å². The van der Waals surface area contributed by atoms with Crippen molar-refractivity contribution in [1.82, 2.24) is 5.48 Å². The zero-order valence-electron chi connectivity index (χ0n) is 12.3. The lowest BCUT2D eigenvalue weighted by molar-refractivity contribution is 0.0706. The minimum absolute atomic E-state index is 0.195. The van der Waals surface area contributed by atoms with E-state index < -0.39 is 5.91 Å². The van der Waals surface area contributed by atoms with Crippen LogP contribution < -0.4 is 15.1 Å². The topological polar surface area (TPSA) is 61.8 Å². The van der Waals surface area contributed by atoms with E-state index in [1.165, 1.54) is 5.56 Å². The van der Waals surface area contributed by atoms with Crippen molar-refractivity contribution < 1.29 is 14.7 Å². The molecule has 0 saturated carbocycles. The summed E-state index contributed by atoms with van der Waals surface area (Å²) in [6, 6.07) is 15.5. The Hall–Kier alpha value is -2.53. The Morgan fingerprint density at radius 1 is 1.32 bits per heavy atom. The number of hydrogen-bond acceptors (Lipinski definition) is 4. The maximum atomic E-state index is 11.6. The number of fused-ring (bicyclic) bond motifs is 1. The summed E-state index contributed by atoms with van der Waals surface area (Å²) >= 11 is 0. The van der Waals surface area contributed by atoms with Crippen molar-refractivity contribution in [2.24, 2.45) is 0 Å². The second-order valence-electron chi connectivity index (χ2n) is 5.40. The Morgan fingerprint density at radius 2 is 2.09 bits per heavy atom. The monoisotopic (exact) mass is 298 g/mol. The highest BCUT2D eigenvalue weighted by Gasteiger charge is 2.25. The van der Waals surface area contributed by atoms with E-state index in [-0.39, 0.29) is 6.04 Å². The van der Waals surface area contributed by atoms with Crippen LogP contribution in [0.3, 0.4) is 0 Å². The van der Waals surface area contributed by atoms with Gasteiger partial charge in [-0.1, -0.05) is 30.3 Å². The van der Waals surface area contributed by atoms with Crippen LogP contribution in [0.4, 0.5) is 5.69 Å². The summed E-state index contributed by atoms with van der Waals surface area (Å²) in [4.78, 5) is 13.8. The van der Waals surface area contributed by atoms with Crippen LogP contribution in [-0.4, -0.2) is 23.8 Å². The van der Waals surface area contributed by atoms with Crippen molar-refractivity contribution in [1.29, 1.82) is 0 Å². The predicted molar refractivity (Wildman–Crippen MR) is 83.3 cm³/mol. The lowest BCUT2D eigenvalue weighted by Gasteiger charge is -2.37. The van der Waals surface area contributed by atoms with Crippen LogP contribution in [0.25, 0.3) is 0 Å². The lowest BCUT2D eigenvalue weighted by Crippen LogP contribution is -2.40.